The maximum absolute atomic E-state index is 11.8. The van der Waals surface area contributed by atoms with Crippen LogP contribution in [0.25, 0.3) is 0 Å². The Morgan fingerprint density at radius 1 is 0.944 bits per heavy atom. The van der Waals surface area contributed by atoms with E-state index >= 15 is 0 Å². The number of hydrogen-bond donors (Lipinski definition) is 0. The van der Waals surface area contributed by atoms with Crippen LogP contribution in [0.4, 0.5) is 0 Å². The monoisotopic (exact) mass is 240 g/mol. The molecule has 2 rings (SSSR count). The van der Waals surface area contributed by atoms with Crippen LogP contribution in [-0.2, 0) is 0 Å². The minimum Gasteiger partial charge on any atom is -0.497 e. The Morgan fingerprint density at radius 2 is 1.50 bits per heavy atom. The lowest BCUT2D eigenvalue weighted by atomic mass is 10.2. The van der Waals surface area contributed by atoms with Gasteiger partial charge in [-0.3, -0.25) is 0 Å². The van der Waals surface area contributed by atoms with Gasteiger partial charge in [0.15, 0.2) is 0 Å². The third-order valence-electron chi connectivity index (χ3n) is 2.42. The highest BCUT2D eigenvalue weighted by Crippen LogP contribution is 2.16. The van der Waals surface area contributed by atoms with E-state index in [0.717, 1.165) is 0 Å². The van der Waals surface area contributed by atoms with Gasteiger partial charge < -0.3 is 9.47 Å². The molecule has 3 heteroatoms. The van der Waals surface area contributed by atoms with Crippen LogP contribution >= 0.6 is 0 Å². The quantitative estimate of drug-likeness (QED) is 0.611. The fraction of sp³-hybridized carbons (Fsp3) is 0.0667. The molecule has 0 aliphatic carbocycles. The lowest BCUT2D eigenvalue weighted by Gasteiger charge is -2.05. The number of methoxy groups -OCH3 is 1. The van der Waals surface area contributed by atoms with Gasteiger partial charge in [0.2, 0.25) is 0 Å². The minimum atomic E-state index is -0.414. The highest BCUT2D eigenvalue weighted by atomic mass is 16.5. The summed E-state index contributed by atoms with van der Waals surface area (Å²) in [4.78, 5) is 11.8. The predicted molar refractivity (Wildman–Crippen MR) is 67.8 cm³/mol. The molecule has 0 N–H and O–H groups in total. The Morgan fingerprint density at radius 3 is 2.06 bits per heavy atom. The normalized spacial score (nSPS) is 9.89. The Bertz CT molecular complexity index is 527. The van der Waals surface area contributed by atoms with Crippen molar-refractivity contribution in [3.63, 3.8) is 0 Å². The molecular weight excluding hydrogens is 228 g/mol. The van der Waals surface area contributed by atoms with Gasteiger partial charge in [0, 0.05) is 0 Å². The summed E-state index contributed by atoms with van der Waals surface area (Å²) in [6.45, 7) is 5.55. The number of benzene rings is 2. The van der Waals surface area contributed by atoms with Crippen LogP contribution in [0.15, 0.2) is 48.5 Å². The zero-order valence-electron chi connectivity index (χ0n) is 9.92. The van der Waals surface area contributed by atoms with E-state index in [4.69, 9.17) is 16.4 Å². The molecule has 0 saturated carbocycles. The van der Waals surface area contributed by atoms with Crippen LogP contribution in [0.3, 0.4) is 0 Å². The van der Waals surface area contributed by atoms with Crippen molar-refractivity contribution in [2.24, 2.45) is 0 Å². The van der Waals surface area contributed by atoms with Gasteiger partial charge in [-0.2, -0.15) is 0 Å². The molecule has 2 aromatic rings. The average Bonchev–Trinajstić information content (AvgIpc) is 2.41. The second kappa shape index (κ2) is 5.36. The molecule has 2 aromatic carbocycles. The van der Waals surface area contributed by atoms with E-state index in [1.54, 1.807) is 55.6 Å². The maximum Gasteiger partial charge on any atom is 0.343 e. The number of carbonyl (C=O) groups excluding carboxylic acids is 1. The minimum absolute atomic E-state index is 0.414. The number of ether oxygens (including phenoxy) is 2. The van der Waals surface area contributed by atoms with Gasteiger partial charge in [-0.05, 0) is 48.9 Å². The first-order valence-electron chi connectivity index (χ1n) is 5.41. The smallest absolute Gasteiger partial charge is 0.343 e. The number of hydrogen-bond acceptors (Lipinski definition) is 3. The second-order valence-corrected chi connectivity index (χ2v) is 3.69. The molecule has 0 atom stereocenters. The first-order valence-corrected chi connectivity index (χ1v) is 5.41. The molecule has 0 amide bonds. The SMILES string of the molecule is [CH]c1ccc(OC(=O)c2ccc(OC)cc2)cc1. The summed E-state index contributed by atoms with van der Waals surface area (Å²) < 4.78 is 10.2. The molecule has 3 nitrogen and oxygen atoms in total. The van der Waals surface area contributed by atoms with Crippen molar-refractivity contribution >= 4 is 5.97 Å². The molecule has 0 aliphatic rings. The van der Waals surface area contributed by atoms with Crippen LogP contribution < -0.4 is 9.47 Å². The number of carbonyl (C=O) groups is 1. The van der Waals surface area contributed by atoms with Crippen LogP contribution in [0.5, 0.6) is 11.5 Å². The molecular formula is C15H12O3. The van der Waals surface area contributed by atoms with E-state index in [0.29, 0.717) is 22.6 Å². The van der Waals surface area contributed by atoms with Gasteiger partial charge in [-0.1, -0.05) is 12.1 Å². The molecule has 18 heavy (non-hydrogen) atoms. The highest BCUT2D eigenvalue weighted by Gasteiger charge is 2.08. The van der Waals surface area contributed by atoms with Crippen molar-refractivity contribution in [2.45, 2.75) is 0 Å². The average molecular weight is 240 g/mol. The van der Waals surface area contributed by atoms with Crippen molar-refractivity contribution in [2.75, 3.05) is 7.11 Å². The summed E-state index contributed by atoms with van der Waals surface area (Å²) >= 11 is 0. The largest absolute Gasteiger partial charge is 0.497 e. The second-order valence-electron chi connectivity index (χ2n) is 3.69. The summed E-state index contributed by atoms with van der Waals surface area (Å²) in [5, 5.41) is 0. The molecule has 0 aromatic heterocycles. The van der Waals surface area contributed by atoms with Crippen LogP contribution in [0.1, 0.15) is 15.9 Å². The Kier molecular flexibility index (Phi) is 3.63. The van der Waals surface area contributed by atoms with Crippen molar-refractivity contribution in [1.29, 1.82) is 0 Å². The van der Waals surface area contributed by atoms with E-state index in [9.17, 15) is 4.79 Å². The third kappa shape index (κ3) is 2.88. The molecule has 0 heterocycles. The lowest BCUT2D eigenvalue weighted by Crippen LogP contribution is -2.08. The van der Waals surface area contributed by atoms with Gasteiger partial charge in [-0.25, -0.2) is 4.79 Å². The standard InChI is InChI=1S/C15H12O3/c1-11-3-7-14(8-4-11)18-15(16)12-5-9-13(17-2)10-6-12/h1,3-10H,2H3. The molecule has 0 saturated heterocycles. The molecule has 0 bridgehead atoms. The zero-order valence-corrected chi connectivity index (χ0v) is 9.92. The fourth-order valence-corrected chi connectivity index (χ4v) is 1.43. The number of esters is 1. The topological polar surface area (TPSA) is 35.5 Å². The van der Waals surface area contributed by atoms with Crippen LogP contribution in [-0.4, -0.2) is 13.1 Å². The first kappa shape index (κ1) is 12.2. The van der Waals surface area contributed by atoms with Gasteiger partial charge in [0.1, 0.15) is 11.5 Å². The lowest BCUT2D eigenvalue weighted by molar-refractivity contribution is 0.0734. The van der Waals surface area contributed by atoms with Gasteiger partial charge >= 0.3 is 5.97 Å². The molecule has 0 aliphatic heterocycles. The van der Waals surface area contributed by atoms with Crippen molar-refractivity contribution in [3.05, 3.63) is 66.6 Å². The van der Waals surface area contributed by atoms with Crippen molar-refractivity contribution < 1.29 is 14.3 Å². The maximum atomic E-state index is 11.8. The van der Waals surface area contributed by atoms with E-state index < -0.39 is 5.97 Å². The van der Waals surface area contributed by atoms with Crippen molar-refractivity contribution in [1.82, 2.24) is 0 Å². The van der Waals surface area contributed by atoms with Gasteiger partial charge in [0.05, 0.1) is 12.7 Å². The zero-order chi connectivity index (χ0) is 13.0. The van der Waals surface area contributed by atoms with E-state index in [-0.39, 0.29) is 0 Å². The summed E-state index contributed by atoms with van der Waals surface area (Å²) in [6.07, 6.45) is 0. The first-order chi connectivity index (χ1) is 8.69. The predicted octanol–water partition coefficient (Wildman–Crippen LogP) is 2.97. The molecule has 0 fully saturated rings. The molecule has 2 radical (unpaired) electrons. The molecule has 0 spiro atoms. The fourth-order valence-electron chi connectivity index (χ4n) is 1.43. The Labute approximate surface area is 106 Å². The van der Waals surface area contributed by atoms with E-state index in [2.05, 4.69) is 0 Å². The highest BCUT2D eigenvalue weighted by molar-refractivity contribution is 5.91. The van der Waals surface area contributed by atoms with E-state index in [1.807, 2.05) is 0 Å². The number of rotatable bonds is 3. The molecule has 0 unspecified atom stereocenters. The van der Waals surface area contributed by atoms with Crippen molar-refractivity contribution in [3.8, 4) is 11.5 Å². The third-order valence-corrected chi connectivity index (χ3v) is 2.42. The Hall–Kier alpha value is -2.29. The summed E-state index contributed by atoms with van der Waals surface area (Å²) in [6, 6.07) is 13.4. The van der Waals surface area contributed by atoms with Gasteiger partial charge in [0.25, 0.3) is 0 Å². The summed E-state index contributed by atoms with van der Waals surface area (Å²) in [7, 11) is 1.57. The van der Waals surface area contributed by atoms with Crippen LogP contribution in [0.2, 0.25) is 0 Å². The van der Waals surface area contributed by atoms with E-state index in [1.165, 1.54) is 0 Å². The summed E-state index contributed by atoms with van der Waals surface area (Å²) in [5.74, 6) is 0.742. The summed E-state index contributed by atoms with van der Waals surface area (Å²) in [5.41, 5.74) is 1.09. The van der Waals surface area contributed by atoms with Crippen LogP contribution in [0, 0.1) is 6.92 Å². The Balaban J connectivity index is 2.09. The van der Waals surface area contributed by atoms with Gasteiger partial charge in [-0.15, -0.1) is 0 Å². The molecule has 90 valence electrons.